The van der Waals surface area contributed by atoms with Crippen LogP contribution in [0.5, 0.6) is 0 Å². The number of nitrogens with zero attached hydrogens (tertiary/aromatic N) is 2. The Morgan fingerprint density at radius 3 is 2.54 bits per heavy atom. The quantitative estimate of drug-likeness (QED) is 0.934. The molecule has 0 saturated carbocycles. The van der Waals surface area contributed by atoms with Gasteiger partial charge in [-0.3, -0.25) is 14.7 Å². The van der Waals surface area contributed by atoms with Crippen molar-refractivity contribution in [3.8, 4) is 0 Å². The minimum absolute atomic E-state index is 0.351. The zero-order valence-corrected chi connectivity index (χ0v) is 13.0. The van der Waals surface area contributed by atoms with Gasteiger partial charge in [-0.05, 0) is 44.1 Å². The number of hydrogen-bond donors (Lipinski definition) is 1. The molecule has 3 rings (SSSR count). The van der Waals surface area contributed by atoms with Crippen molar-refractivity contribution in [2.45, 2.75) is 18.9 Å². The van der Waals surface area contributed by atoms with Gasteiger partial charge in [-0.1, -0.05) is 12.1 Å². The molecule has 1 N–H and O–H groups in total. The molecular formula is C18H18F2N2O2. The standard InChI is InChI=1S/C18H18F2N2O2/c19-13-4-5-14(15(20)11-13)17(16-3-1-2-8-21-16)22-9-6-12(7-10-22)18(23)24/h1-5,8,11-12,17H,6-7,9-10H2,(H,23,24). The van der Waals surface area contributed by atoms with Crippen molar-refractivity contribution in [1.82, 2.24) is 9.88 Å². The van der Waals surface area contributed by atoms with E-state index in [1.54, 1.807) is 18.3 Å². The van der Waals surface area contributed by atoms with Gasteiger partial charge in [-0.25, -0.2) is 8.78 Å². The highest BCUT2D eigenvalue weighted by atomic mass is 19.1. The first-order chi connectivity index (χ1) is 11.6. The van der Waals surface area contributed by atoms with E-state index in [0.717, 1.165) is 6.07 Å². The Kier molecular flexibility index (Phi) is 4.85. The number of aliphatic carboxylic acids is 1. The number of piperidine rings is 1. The minimum atomic E-state index is -0.794. The normalized spacial score (nSPS) is 17.6. The lowest BCUT2D eigenvalue weighted by atomic mass is 9.93. The average molecular weight is 332 g/mol. The van der Waals surface area contributed by atoms with Gasteiger partial charge in [-0.15, -0.1) is 0 Å². The van der Waals surface area contributed by atoms with Crippen molar-refractivity contribution >= 4 is 5.97 Å². The average Bonchev–Trinajstić information content (AvgIpc) is 2.58. The first kappa shape index (κ1) is 16.5. The van der Waals surface area contributed by atoms with Crippen LogP contribution in [0, 0.1) is 17.6 Å². The van der Waals surface area contributed by atoms with Gasteiger partial charge < -0.3 is 5.11 Å². The molecule has 0 spiro atoms. The number of carbonyl (C=O) groups is 1. The van der Waals surface area contributed by atoms with E-state index in [-0.39, 0.29) is 5.92 Å². The number of carboxylic acids is 1. The van der Waals surface area contributed by atoms with Crippen LogP contribution < -0.4 is 0 Å². The van der Waals surface area contributed by atoms with Gasteiger partial charge in [-0.2, -0.15) is 0 Å². The maximum absolute atomic E-state index is 14.4. The number of carboxylic acid groups (broad SMARTS) is 1. The summed E-state index contributed by atoms with van der Waals surface area (Å²) in [4.78, 5) is 17.5. The van der Waals surface area contributed by atoms with Crippen LogP contribution in [0.15, 0.2) is 42.6 Å². The van der Waals surface area contributed by atoms with E-state index in [1.165, 1.54) is 12.1 Å². The Morgan fingerprint density at radius 1 is 1.21 bits per heavy atom. The fraction of sp³-hybridized carbons (Fsp3) is 0.333. The molecule has 1 saturated heterocycles. The maximum atomic E-state index is 14.4. The summed E-state index contributed by atoms with van der Waals surface area (Å²) in [6.45, 7) is 1.05. The highest BCUT2D eigenvalue weighted by Crippen LogP contribution is 2.33. The molecular weight excluding hydrogens is 314 g/mol. The summed E-state index contributed by atoms with van der Waals surface area (Å²) in [7, 11) is 0. The number of aromatic nitrogens is 1. The van der Waals surface area contributed by atoms with Gasteiger partial charge in [0.1, 0.15) is 11.6 Å². The third-order valence-corrected chi connectivity index (χ3v) is 4.47. The second kappa shape index (κ2) is 7.05. The smallest absolute Gasteiger partial charge is 0.306 e. The molecule has 1 aliphatic rings. The molecule has 0 bridgehead atoms. The first-order valence-electron chi connectivity index (χ1n) is 7.89. The Balaban J connectivity index is 1.93. The van der Waals surface area contributed by atoms with E-state index in [0.29, 0.717) is 37.2 Å². The van der Waals surface area contributed by atoms with Crippen LogP contribution in [0.2, 0.25) is 0 Å². The van der Waals surface area contributed by atoms with Crippen LogP contribution in [0.25, 0.3) is 0 Å². The lowest BCUT2D eigenvalue weighted by molar-refractivity contribution is -0.143. The molecule has 1 aromatic carbocycles. The molecule has 2 aromatic rings. The Hall–Kier alpha value is -2.34. The van der Waals surface area contributed by atoms with E-state index >= 15 is 0 Å². The summed E-state index contributed by atoms with van der Waals surface area (Å²) < 4.78 is 27.6. The Morgan fingerprint density at radius 2 is 1.96 bits per heavy atom. The monoisotopic (exact) mass is 332 g/mol. The fourth-order valence-electron chi connectivity index (χ4n) is 3.21. The topological polar surface area (TPSA) is 53.4 Å². The second-order valence-corrected chi connectivity index (χ2v) is 5.97. The van der Waals surface area contributed by atoms with Gasteiger partial charge in [0.15, 0.2) is 0 Å². The number of pyridine rings is 1. The number of benzene rings is 1. The minimum Gasteiger partial charge on any atom is -0.481 e. The molecule has 24 heavy (non-hydrogen) atoms. The Labute approximate surface area is 138 Å². The SMILES string of the molecule is O=C(O)C1CCN(C(c2ccccn2)c2ccc(F)cc2F)CC1. The van der Waals surface area contributed by atoms with E-state index in [4.69, 9.17) is 5.11 Å². The van der Waals surface area contributed by atoms with Crippen LogP contribution in [0.1, 0.15) is 30.1 Å². The highest BCUT2D eigenvalue weighted by molar-refractivity contribution is 5.70. The molecule has 4 nitrogen and oxygen atoms in total. The largest absolute Gasteiger partial charge is 0.481 e. The van der Waals surface area contributed by atoms with Crippen molar-refractivity contribution in [2.24, 2.45) is 5.92 Å². The summed E-state index contributed by atoms with van der Waals surface area (Å²) in [6, 6.07) is 8.48. The zero-order valence-electron chi connectivity index (χ0n) is 13.0. The van der Waals surface area contributed by atoms with Crippen molar-refractivity contribution < 1.29 is 18.7 Å². The summed E-state index contributed by atoms with van der Waals surface area (Å²) in [5, 5.41) is 9.14. The van der Waals surface area contributed by atoms with E-state index in [2.05, 4.69) is 4.98 Å². The predicted molar refractivity (Wildman–Crippen MR) is 84.4 cm³/mol. The predicted octanol–water partition coefficient (Wildman–Crippen LogP) is 3.25. The molecule has 1 aliphatic heterocycles. The van der Waals surface area contributed by atoms with Crippen LogP contribution in [0.4, 0.5) is 8.78 Å². The number of hydrogen-bond acceptors (Lipinski definition) is 3. The van der Waals surface area contributed by atoms with E-state index in [1.807, 2.05) is 11.0 Å². The third kappa shape index (κ3) is 3.43. The van der Waals surface area contributed by atoms with Crippen molar-refractivity contribution in [3.05, 3.63) is 65.5 Å². The highest BCUT2D eigenvalue weighted by Gasteiger charge is 2.32. The second-order valence-electron chi connectivity index (χ2n) is 5.97. The molecule has 1 fully saturated rings. The lowest BCUT2D eigenvalue weighted by Gasteiger charge is -2.36. The van der Waals surface area contributed by atoms with Crippen LogP contribution in [-0.2, 0) is 4.79 Å². The van der Waals surface area contributed by atoms with Crippen molar-refractivity contribution in [2.75, 3.05) is 13.1 Å². The molecule has 1 unspecified atom stereocenters. The third-order valence-electron chi connectivity index (χ3n) is 4.47. The summed E-state index contributed by atoms with van der Waals surface area (Å²) in [6.07, 6.45) is 2.64. The summed E-state index contributed by atoms with van der Waals surface area (Å²) >= 11 is 0. The molecule has 0 aliphatic carbocycles. The first-order valence-corrected chi connectivity index (χ1v) is 7.89. The van der Waals surface area contributed by atoms with Crippen LogP contribution in [-0.4, -0.2) is 34.0 Å². The van der Waals surface area contributed by atoms with E-state index < -0.39 is 23.6 Å². The molecule has 2 heterocycles. The van der Waals surface area contributed by atoms with Gasteiger partial charge in [0.25, 0.3) is 0 Å². The van der Waals surface area contributed by atoms with Crippen molar-refractivity contribution in [3.63, 3.8) is 0 Å². The molecule has 1 aromatic heterocycles. The molecule has 0 amide bonds. The maximum Gasteiger partial charge on any atom is 0.306 e. The summed E-state index contributed by atoms with van der Waals surface area (Å²) in [5.74, 6) is -2.41. The van der Waals surface area contributed by atoms with Gasteiger partial charge in [0.05, 0.1) is 17.7 Å². The van der Waals surface area contributed by atoms with Crippen LogP contribution >= 0.6 is 0 Å². The lowest BCUT2D eigenvalue weighted by Crippen LogP contribution is -2.39. The zero-order chi connectivity index (χ0) is 17.1. The van der Waals surface area contributed by atoms with Crippen LogP contribution in [0.3, 0.4) is 0 Å². The number of likely N-dealkylation sites (tertiary alicyclic amines) is 1. The fourth-order valence-corrected chi connectivity index (χ4v) is 3.21. The number of halogens is 2. The molecule has 126 valence electrons. The Bertz CT molecular complexity index is 716. The molecule has 0 radical (unpaired) electrons. The van der Waals surface area contributed by atoms with Gasteiger partial charge in [0, 0.05) is 17.8 Å². The molecule has 1 atom stereocenters. The number of rotatable bonds is 4. The van der Waals surface area contributed by atoms with Gasteiger partial charge in [0.2, 0.25) is 0 Å². The van der Waals surface area contributed by atoms with Crippen molar-refractivity contribution in [1.29, 1.82) is 0 Å². The van der Waals surface area contributed by atoms with Gasteiger partial charge >= 0.3 is 5.97 Å². The van der Waals surface area contributed by atoms with E-state index in [9.17, 15) is 13.6 Å². The molecule has 6 heteroatoms. The summed E-state index contributed by atoms with van der Waals surface area (Å²) in [5.41, 5.74) is 1.01.